The van der Waals surface area contributed by atoms with Crippen LogP contribution in [0.1, 0.15) is 19.3 Å². The second-order valence-electron chi connectivity index (χ2n) is 11.9. The number of carbonyl (C=O) groups excluding carboxylic acids is 2. The summed E-state index contributed by atoms with van der Waals surface area (Å²) in [5.41, 5.74) is 4.73. The molecule has 1 fully saturated rings. The Morgan fingerprint density at radius 3 is 1.45 bits per heavy atom. The van der Waals surface area contributed by atoms with Gasteiger partial charge in [0.25, 0.3) is 0 Å². The summed E-state index contributed by atoms with van der Waals surface area (Å²) in [5, 5.41) is 29.5. The summed E-state index contributed by atoms with van der Waals surface area (Å²) in [7, 11) is 0. The third kappa shape index (κ3) is 8.19. The van der Waals surface area contributed by atoms with E-state index in [9.17, 15) is 9.59 Å². The molecule has 2 aromatic heterocycles. The average molecular weight is 719 g/mol. The third-order valence-electron chi connectivity index (χ3n) is 8.51. The summed E-state index contributed by atoms with van der Waals surface area (Å²) in [6.45, 7) is 1.03. The van der Waals surface area contributed by atoms with Crippen LogP contribution in [0.25, 0.3) is 11.4 Å². The molecule has 2 unspecified atom stereocenters. The van der Waals surface area contributed by atoms with Gasteiger partial charge in [-0.3, -0.25) is 9.59 Å². The first kappa shape index (κ1) is 33.7. The number of benzene rings is 4. The van der Waals surface area contributed by atoms with Gasteiger partial charge in [0.15, 0.2) is 0 Å². The van der Waals surface area contributed by atoms with Gasteiger partial charge < -0.3 is 20.4 Å². The lowest BCUT2D eigenvalue weighted by Gasteiger charge is -2.30. The first-order valence-corrected chi connectivity index (χ1v) is 17.2. The minimum atomic E-state index is -0.112. The van der Waals surface area contributed by atoms with Crippen LogP contribution in [-0.4, -0.2) is 77.4 Å². The van der Waals surface area contributed by atoms with Gasteiger partial charge >= 0.3 is 0 Å². The topological polar surface area (TPSA) is 152 Å². The maximum atomic E-state index is 13.3. The van der Waals surface area contributed by atoms with Gasteiger partial charge in [-0.15, -0.1) is 35.5 Å². The van der Waals surface area contributed by atoms with E-state index in [1.54, 1.807) is 12.1 Å². The monoisotopic (exact) mass is 718 g/mol. The molecule has 51 heavy (non-hydrogen) atoms. The van der Waals surface area contributed by atoms with Gasteiger partial charge in [-0.25, -0.2) is 0 Å². The highest BCUT2D eigenvalue weighted by Gasteiger charge is 2.46. The van der Waals surface area contributed by atoms with Crippen molar-refractivity contribution >= 4 is 59.8 Å². The fraction of sp³-hybridized carbons (Fsp3) is 0.200. The number of para-hydroxylation sites is 2. The average Bonchev–Trinajstić information content (AvgIpc) is 3.57. The van der Waals surface area contributed by atoms with Crippen LogP contribution < -0.4 is 20.4 Å². The molecule has 2 heterocycles. The van der Waals surface area contributed by atoms with Crippen molar-refractivity contribution in [3.05, 3.63) is 109 Å². The maximum absolute atomic E-state index is 13.3. The molecule has 2 atom stereocenters. The van der Waals surface area contributed by atoms with E-state index in [4.69, 9.17) is 0 Å². The first-order chi connectivity index (χ1) is 24.9. The lowest BCUT2D eigenvalue weighted by Crippen LogP contribution is -2.38. The Hall–Kier alpha value is -5.74. The van der Waals surface area contributed by atoms with Gasteiger partial charge in [-0.1, -0.05) is 48.5 Å². The third-order valence-corrected chi connectivity index (χ3v) is 9.07. The lowest BCUT2D eigenvalue weighted by molar-refractivity contribution is -0.116. The molecular formula is C35H34N12O2S2. The molecule has 16 heteroatoms. The zero-order chi connectivity index (χ0) is 35.2. The SMILES string of the molecule is O=C(CCN(c1ccccc1)C1CC1N(CCC(=O)Nc1cccc(-n2nnnc2S)c1)c1ccccc1)Nc1cccc(-n2nnnc2S)c1. The molecule has 2 N–H and O–H groups in total. The Morgan fingerprint density at radius 1 is 0.627 bits per heavy atom. The summed E-state index contributed by atoms with van der Waals surface area (Å²) in [5.74, 6) is -0.223. The molecule has 0 aliphatic heterocycles. The summed E-state index contributed by atoms with van der Waals surface area (Å²) in [4.78, 5) is 31.1. The Morgan fingerprint density at radius 2 is 1.06 bits per heavy atom. The normalized spacial score (nSPS) is 14.9. The molecule has 1 aliphatic rings. The highest BCUT2D eigenvalue weighted by molar-refractivity contribution is 7.80. The van der Waals surface area contributed by atoms with Crippen LogP contribution in [0.4, 0.5) is 22.7 Å². The molecule has 258 valence electrons. The van der Waals surface area contributed by atoms with Gasteiger partial charge in [-0.05, 0) is 87.9 Å². The molecular weight excluding hydrogens is 685 g/mol. The number of amides is 2. The van der Waals surface area contributed by atoms with Crippen molar-refractivity contribution in [2.75, 3.05) is 33.5 Å². The maximum Gasteiger partial charge on any atom is 0.226 e. The summed E-state index contributed by atoms with van der Waals surface area (Å²) in [6.07, 6.45) is 1.43. The van der Waals surface area contributed by atoms with E-state index in [2.05, 4.69) is 101 Å². The van der Waals surface area contributed by atoms with Crippen molar-refractivity contribution in [1.29, 1.82) is 0 Å². The molecule has 14 nitrogen and oxygen atoms in total. The molecule has 0 saturated heterocycles. The number of carbonyl (C=O) groups is 2. The van der Waals surface area contributed by atoms with Gasteiger partial charge in [-0.2, -0.15) is 9.36 Å². The molecule has 6 aromatic rings. The van der Waals surface area contributed by atoms with Gasteiger partial charge in [0.2, 0.25) is 22.1 Å². The van der Waals surface area contributed by atoms with E-state index < -0.39 is 0 Å². The number of tetrazole rings is 2. The van der Waals surface area contributed by atoms with Crippen LogP contribution in [0, 0.1) is 0 Å². The number of thiol groups is 2. The first-order valence-electron chi connectivity index (χ1n) is 16.3. The Labute approximate surface area is 304 Å². The van der Waals surface area contributed by atoms with Crippen LogP contribution >= 0.6 is 25.3 Å². The smallest absolute Gasteiger partial charge is 0.226 e. The zero-order valence-corrected chi connectivity index (χ0v) is 29.1. The largest absolute Gasteiger partial charge is 0.366 e. The Balaban J connectivity index is 1.02. The van der Waals surface area contributed by atoms with Crippen molar-refractivity contribution in [3.8, 4) is 11.4 Å². The summed E-state index contributed by atoms with van der Waals surface area (Å²) < 4.78 is 2.97. The van der Waals surface area contributed by atoms with Crippen molar-refractivity contribution < 1.29 is 9.59 Å². The number of nitrogens with zero attached hydrogens (tertiary/aromatic N) is 10. The van der Waals surface area contributed by atoms with Crippen LogP contribution in [0.5, 0.6) is 0 Å². The number of hydrogen-bond donors (Lipinski definition) is 4. The van der Waals surface area contributed by atoms with Crippen LogP contribution in [0.15, 0.2) is 120 Å². The molecule has 2 amide bonds. The van der Waals surface area contributed by atoms with E-state index in [1.807, 2.05) is 72.8 Å². The van der Waals surface area contributed by atoms with E-state index in [1.165, 1.54) is 9.36 Å². The number of hydrogen-bond acceptors (Lipinski definition) is 12. The van der Waals surface area contributed by atoms with Gasteiger partial charge in [0, 0.05) is 48.7 Å². The van der Waals surface area contributed by atoms with Crippen LogP contribution in [0.2, 0.25) is 0 Å². The van der Waals surface area contributed by atoms with Gasteiger partial charge in [0.05, 0.1) is 23.5 Å². The predicted octanol–water partition coefficient (Wildman–Crippen LogP) is 4.73. The molecule has 1 aliphatic carbocycles. The number of nitrogens with one attached hydrogen (secondary N) is 2. The highest BCUT2D eigenvalue weighted by Crippen LogP contribution is 2.39. The van der Waals surface area contributed by atoms with Crippen LogP contribution in [-0.2, 0) is 9.59 Å². The van der Waals surface area contributed by atoms with E-state index in [0.29, 0.717) is 46.2 Å². The van der Waals surface area contributed by atoms with Gasteiger partial charge in [0.1, 0.15) is 0 Å². The van der Waals surface area contributed by atoms with Crippen molar-refractivity contribution in [1.82, 2.24) is 40.4 Å². The molecule has 0 spiro atoms. The van der Waals surface area contributed by atoms with E-state index >= 15 is 0 Å². The predicted molar refractivity (Wildman–Crippen MR) is 199 cm³/mol. The summed E-state index contributed by atoms with van der Waals surface area (Å²) >= 11 is 8.57. The molecule has 7 rings (SSSR count). The number of anilines is 4. The van der Waals surface area contributed by atoms with E-state index in [0.717, 1.165) is 17.8 Å². The number of aromatic nitrogens is 8. The molecule has 0 radical (unpaired) electrons. The Kier molecular flexibility index (Phi) is 10.2. The molecule has 4 aromatic carbocycles. The van der Waals surface area contributed by atoms with E-state index in [-0.39, 0.29) is 36.7 Å². The molecule has 0 bridgehead atoms. The van der Waals surface area contributed by atoms with Crippen molar-refractivity contribution in [2.45, 2.75) is 41.7 Å². The van der Waals surface area contributed by atoms with Crippen LogP contribution in [0.3, 0.4) is 0 Å². The van der Waals surface area contributed by atoms with Crippen molar-refractivity contribution in [2.24, 2.45) is 0 Å². The quantitative estimate of drug-likeness (QED) is 0.116. The molecule has 1 saturated carbocycles. The fourth-order valence-corrected chi connectivity index (χ4v) is 6.46. The minimum absolute atomic E-state index is 0.112. The number of rotatable bonds is 14. The fourth-order valence-electron chi connectivity index (χ4n) is 6.07. The Bertz CT molecular complexity index is 1960. The highest BCUT2D eigenvalue weighted by atomic mass is 32.1. The summed E-state index contributed by atoms with van der Waals surface area (Å²) in [6, 6.07) is 35.1. The standard InChI is InChI=1S/C35H34N12O2S2/c48-32(36-24-9-7-15-28(21-24)46-34(50)38-40-42-46)17-19-44(26-11-3-1-4-12-26)30-23-31(30)45(27-13-5-2-6-14-27)20-18-33(49)37-25-10-8-16-29(22-25)47-35(51)39-41-43-47/h1-16,21-22,30-31H,17-20,23H2,(H,36,48)(H,37,49)(H,38,42,50)(H,39,43,51). The zero-order valence-electron chi connectivity index (χ0n) is 27.3. The lowest BCUT2D eigenvalue weighted by atomic mass is 10.2. The van der Waals surface area contributed by atoms with Crippen molar-refractivity contribution in [3.63, 3.8) is 0 Å². The minimum Gasteiger partial charge on any atom is -0.366 e. The second-order valence-corrected chi connectivity index (χ2v) is 12.7. The second kappa shape index (κ2) is 15.4.